The van der Waals surface area contributed by atoms with Crippen LogP contribution in [0.4, 0.5) is 0 Å². The van der Waals surface area contributed by atoms with E-state index in [9.17, 15) is 5.11 Å². The highest BCUT2D eigenvalue weighted by Crippen LogP contribution is 2.34. The molecule has 2 aromatic carbocycles. The lowest BCUT2D eigenvalue weighted by atomic mass is 10.0. The molecular weight excluding hydrogens is 354 g/mol. The average molecular weight is 366 g/mol. The Kier molecular flexibility index (Phi) is 5.50. The number of hydrogen-bond donors (Lipinski definition) is 1. The fraction of sp³-hybridized carbons (Fsp3) is 0.200. The zero-order valence-electron chi connectivity index (χ0n) is 11.1. The predicted octanol–water partition coefficient (Wildman–Crippen LogP) is 5.80. The summed E-state index contributed by atoms with van der Waals surface area (Å²) in [4.78, 5) is 0. The molecule has 0 aliphatic heterocycles. The molecule has 21 heavy (non-hydrogen) atoms. The molecule has 2 nitrogen and oxygen atoms in total. The molecule has 0 aliphatic rings. The number of aromatic hydroxyl groups is 1. The third-order valence-electron chi connectivity index (χ3n) is 3.10. The minimum absolute atomic E-state index is 0.0364. The van der Waals surface area contributed by atoms with Crippen LogP contribution in [0.15, 0.2) is 24.3 Å². The van der Waals surface area contributed by atoms with Gasteiger partial charge in [0.1, 0.15) is 11.5 Å². The van der Waals surface area contributed by atoms with Gasteiger partial charge in [0.15, 0.2) is 0 Å². The van der Waals surface area contributed by atoms with Crippen LogP contribution in [0.5, 0.6) is 11.5 Å². The monoisotopic (exact) mass is 364 g/mol. The third-order valence-corrected chi connectivity index (χ3v) is 4.45. The van der Waals surface area contributed by atoms with E-state index in [1.54, 1.807) is 19.2 Å². The molecule has 0 radical (unpaired) electrons. The van der Waals surface area contributed by atoms with Crippen molar-refractivity contribution in [1.29, 1.82) is 0 Å². The summed E-state index contributed by atoms with van der Waals surface area (Å²) in [5, 5.41) is 11.3. The van der Waals surface area contributed by atoms with Crippen molar-refractivity contribution >= 4 is 46.4 Å². The number of halogens is 4. The fourth-order valence-corrected chi connectivity index (χ4v) is 3.34. The number of rotatable bonds is 4. The van der Waals surface area contributed by atoms with Gasteiger partial charge in [-0.25, -0.2) is 0 Å². The number of hydrogen-bond acceptors (Lipinski definition) is 2. The molecule has 0 spiro atoms. The molecule has 6 heteroatoms. The van der Waals surface area contributed by atoms with Crippen LogP contribution in [0.1, 0.15) is 11.1 Å². The molecule has 0 saturated carbocycles. The second-order valence-corrected chi connectivity index (χ2v) is 6.09. The van der Waals surface area contributed by atoms with Crippen LogP contribution in [0.3, 0.4) is 0 Å². The number of methoxy groups -OCH3 is 1. The molecule has 0 atom stereocenters. The Morgan fingerprint density at radius 1 is 0.810 bits per heavy atom. The maximum atomic E-state index is 9.42. The second-order valence-electron chi connectivity index (χ2n) is 4.46. The highest BCUT2D eigenvalue weighted by Gasteiger charge is 2.13. The van der Waals surface area contributed by atoms with Gasteiger partial charge in [-0.2, -0.15) is 0 Å². The summed E-state index contributed by atoms with van der Waals surface area (Å²) in [6, 6.07) is 6.34. The zero-order chi connectivity index (χ0) is 15.6. The van der Waals surface area contributed by atoms with Crippen molar-refractivity contribution in [2.75, 3.05) is 7.11 Å². The Morgan fingerprint density at radius 2 is 1.19 bits per heavy atom. The topological polar surface area (TPSA) is 29.5 Å². The molecule has 2 aromatic rings. The van der Waals surface area contributed by atoms with Crippen LogP contribution in [0.25, 0.3) is 0 Å². The first-order valence-electron chi connectivity index (χ1n) is 6.11. The number of phenols is 1. The molecule has 0 unspecified atom stereocenters. The number of phenolic OH excluding ortho intramolecular Hbond substituents is 1. The summed E-state index contributed by atoms with van der Waals surface area (Å²) in [6.45, 7) is 0. The lowest BCUT2D eigenvalue weighted by molar-refractivity contribution is 0.414. The summed E-state index contributed by atoms with van der Waals surface area (Å²) in [5.74, 6) is 0.642. The SMILES string of the molecule is COc1cc(Cl)c(CCc2c(Cl)cc(O)cc2Cl)c(Cl)c1. The van der Waals surface area contributed by atoms with Crippen LogP contribution in [0, 0.1) is 0 Å². The maximum Gasteiger partial charge on any atom is 0.121 e. The largest absolute Gasteiger partial charge is 0.508 e. The normalized spacial score (nSPS) is 10.7. The molecule has 0 aliphatic carbocycles. The van der Waals surface area contributed by atoms with Gasteiger partial charge in [0, 0.05) is 20.1 Å². The molecule has 0 heterocycles. The first-order valence-corrected chi connectivity index (χ1v) is 7.62. The van der Waals surface area contributed by atoms with Crippen molar-refractivity contribution in [2.45, 2.75) is 12.8 Å². The third kappa shape index (κ3) is 3.89. The average Bonchev–Trinajstić information content (AvgIpc) is 2.39. The van der Waals surface area contributed by atoms with E-state index in [0.29, 0.717) is 38.7 Å². The van der Waals surface area contributed by atoms with Crippen molar-refractivity contribution in [3.05, 3.63) is 55.5 Å². The van der Waals surface area contributed by atoms with Gasteiger partial charge in [0.05, 0.1) is 7.11 Å². The quantitative estimate of drug-likeness (QED) is 0.741. The number of ether oxygens (including phenoxy) is 1. The van der Waals surface area contributed by atoms with E-state index in [1.165, 1.54) is 12.1 Å². The predicted molar refractivity (Wildman–Crippen MR) is 88.5 cm³/mol. The van der Waals surface area contributed by atoms with E-state index in [2.05, 4.69) is 0 Å². The van der Waals surface area contributed by atoms with Gasteiger partial charge in [-0.3, -0.25) is 0 Å². The van der Waals surface area contributed by atoms with Gasteiger partial charge >= 0.3 is 0 Å². The smallest absolute Gasteiger partial charge is 0.121 e. The molecule has 112 valence electrons. The zero-order valence-corrected chi connectivity index (χ0v) is 14.1. The highest BCUT2D eigenvalue weighted by molar-refractivity contribution is 6.37. The second kappa shape index (κ2) is 6.97. The lowest BCUT2D eigenvalue weighted by Crippen LogP contribution is -1.96. The van der Waals surface area contributed by atoms with Crippen LogP contribution < -0.4 is 4.74 Å². The summed E-state index contributed by atoms with van der Waals surface area (Å²) >= 11 is 24.6. The van der Waals surface area contributed by atoms with Crippen LogP contribution in [-0.4, -0.2) is 12.2 Å². The summed E-state index contributed by atoms with van der Waals surface area (Å²) < 4.78 is 5.11. The first kappa shape index (κ1) is 16.6. The molecule has 0 bridgehead atoms. The van der Waals surface area contributed by atoms with Crippen molar-refractivity contribution < 1.29 is 9.84 Å². The molecule has 0 fully saturated rings. The summed E-state index contributed by atoms with van der Waals surface area (Å²) in [7, 11) is 1.55. The van der Waals surface area contributed by atoms with Gasteiger partial charge < -0.3 is 9.84 Å². The minimum Gasteiger partial charge on any atom is -0.508 e. The summed E-state index contributed by atoms with van der Waals surface area (Å²) in [5.41, 5.74) is 1.55. The molecule has 0 saturated heterocycles. The van der Waals surface area contributed by atoms with Gasteiger partial charge in [0.2, 0.25) is 0 Å². The molecule has 0 amide bonds. The van der Waals surface area contributed by atoms with Crippen molar-refractivity contribution in [3.8, 4) is 11.5 Å². The Balaban J connectivity index is 2.25. The Labute approximate surface area is 143 Å². The van der Waals surface area contributed by atoms with E-state index < -0.39 is 0 Å². The van der Waals surface area contributed by atoms with E-state index in [0.717, 1.165) is 11.1 Å². The standard InChI is InChI=1S/C15H12Cl4O2/c1-21-9-6-14(18)11(15(19)7-9)3-2-10-12(16)4-8(20)5-13(10)17/h4-7,20H,2-3H2,1H3. The molecular formula is C15H12Cl4O2. The van der Waals surface area contributed by atoms with E-state index >= 15 is 0 Å². The molecule has 0 aromatic heterocycles. The Morgan fingerprint density at radius 3 is 1.57 bits per heavy atom. The maximum absolute atomic E-state index is 9.42. The lowest BCUT2D eigenvalue weighted by Gasteiger charge is -2.11. The molecule has 1 N–H and O–H groups in total. The van der Waals surface area contributed by atoms with Crippen LogP contribution in [-0.2, 0) is 12.8 Å². The van der Waals surface area contributed by atoms with E-state index in [-0.39, 0.29) is 5.75 Å². The van der Waals surface area contributed by atoms with Gasteiger partial charge in [-0.05, 0) is 48.2 Å². The van der Waals surface area contributed by atoms with Gasteiger partial charge in [0.25, 0.3) is 0 Å². The van der Waals surface area contributed by atoms with Crippen molar-refractivity contribution in [1.82, 2.24) is 0 Å². The van der Waals surface area contributed by atoms with Crippen LogP contribution >= 0.6 is 46.4 Å². The number of benzene rings is 2. The summed E-state index contributed by atoms with van der Waals surface area (Å²) in [6.07, 6.45) is 1.13. The molecule has 2 rings (SSSR count). The highest BCUT2D eigenvalue weighted by atomic mass is 35.5. The minimum atomic E-state index is 0.0364. The van der Waals surface area contributed by atoms with Crippen molar-refractivity contribution in [3.63, 3.8) is 0 Å². The first-order chi connectivity index (χ1) is 9.92. The van der Waals surface area contributed by atoms with Crippen LogP contribution in [0.2, 0.25) is 20.1 Å². The Bertz CT molecular complexity index is 625. The van der Waals surface area contributed by atoms with Gasteiger partial charge in [-0.1, -0.05) is 46.4 Å². The fourth-order valence-electron chi connectivity index (χ4n) is 2.01. The Hall–Kier alpha value is -0.800. The van der Waals surface area contributed by atoms with Crippen molar-refractivity contribution in [2.24, 2.45) is 0 Å². The van der Waals surface area contributed by atoms with Gasteiger partial charge in [-0.15, -0.1) is 0 Å². The van der Waals surface area contributed by atoms with E-state index in [4.69, 9.17) is 51.1 Å². The van der Waals surface area contributed by atoms with E-state index in [1.807, 2.05) is 0 Å².